The van der Waals surface area contributed by atoms with E-state index in [1.807, 2.05) is 13.0 Å². The average molecular weight is 175 g/mol. The Morgan fingerprint density at radius 2 is 2.08 bits per heavy atom. The topological polar surface area (TPSA) is 49.9 Å². The van der Waals surface area contributed by atoms with E-state index in [1.165, 1.54) is 6.07 Å². The van der Waals surface area contributed by atoms with Crippen molar-refractivity contribution >= 4 is 11.9 Å². The van der Waals surface area contributed by atoms with Crippen molar-refractivity contribution in [3.05, 3.63) is 39.3 Å². The van der Waals surface area contributed by atoms with Gasteiger partial charge in [0, 0.05) is 18.1 Å². The molecule has 66 valence electrons. The summed E-state index contributed by atoms with van der Waals surface area (Å²) in [6.45, 7) is 1.88. The molecule has 1 N–H and O–H groups in total. The second-order valence-electron chi connectivity index (χ2n) is 3.24. The summed E-state index contributed by atoms with van der Waals surface area (Å²) < 4.78 is 0. The number of nitrogens with one attached hydrogen (secondary N) is 1. The van der Waals surface area contributed by atoms with Crippen molar-refractivity contribution in [1.82, 2.24) is 4.98 Å². The van der Waals surface area contributed by atoms with Crippen LogP contribution in [0.4, 0.5) is 0 Å². The third-order valence-corrected chi connectivity index (χ3v) is 2.08. The van der Waals surface area contributed by atoms with Crippen LogP contribution in [0.1, 0.15) is 29.4 Å². The Morgan fingerprint density at radius 3 is 2.85 bits per heavy atom. The van der Waals surface area contributed by atoms with Crippen molar-refractivity contribution < 1.29 is 4.79 Å². The summed E-state index contributed by atoms with van der Waals surface area (Å²) in [6, 6.07) is 2.96. The molecule has 1 aliphatic rings. The van der Waals surface area contributed by atoms with Crippen molar-refractivity contribution in [2.75, 3.05) is 0 Å². The monoisotopic (exact) mass is 175 g/mol. The van der Waals surface area contributed by atoms with Crippen LogP contribution in [0.15, 0.2) is 22.5 Å². The third kappa shape index (κ3) is 1.33. The molecular weight excluding hydrogens is 166 g/mol. The van der Waals surface area contributed by atoms with Crippen LogP contribution in [0, 0.1) is 0 Å². The Labute approximate surface area is 75.1 Å². The Balaban J connectivity index is 2.69. The predicted octanol–water partition coefficient (Wildman–Crippen LogP) is 1.36. The molecule has 0 bridgehead atoms. The first kappa shape index (κ1) is 7.98. The van der Waals surface area contributed by atoms with Crippen molar-refractivity contribution in [2.24, 2.45) is 0 Å². The number of allylic oxidation sites excluding steroid dienone is 1. The number of hydrogen-bond acceptors (Lipinski definition) is 2. The zero-order valence-corrected chi connectivity index (χ0v) is 7.26. The van der Waals surface area contributed by atoms with Gasteiger partial charge in [0.25, 0.3) is 0 Å². The molecule has 1 aromatic heterocycles. The second kappa shape index (κ2) is 2.69. The summed E-state index contributed by atoms with van der Waals surface area (Å²) in [4.78, 5) is 25.0. The average Bonchev–Trinajstić information content (AvgIpc) is 2.02. The van der Waals surface area contributed by atoms with Gasteiger partial charge in [-0.15, -0.1) is 0 Å². The van der Waals surface area contributed by atoms with Crippen LogP contribution < -0.4 is 5.56 Å². The molecule has 13 heavy (non-hydrogen) atoms. The van der Waals surface area contributed by atoms with Gasteiger partial charge >= 0.3 is 0 Å². The van der Waals surface area contributed by atoms with E-state index in [4.69, 9.17) is 0 Å². The number of ketones is 1. The highest BCUT2D eigenvalue weighted by atomic mass is 16.1. The van der Waals surface area contributed by atoms with Gasteiger partial charge in [0.2, 0.25) is 5.56 Å². The van der Waals surface area contributed by atoms with Gasteiger partial charge in [-0.1, -0.05) is 5.57 Å². The molecule has 0 saturated heterocycles. The first-order chi connectivity index (χ1) is 6.16. The van der Waals surface area contributed by atoms with E-state index in [1.54, 1.807) is 6.07 Å². The lowest BCUT2D eigenvalue weighted by Gasteiger charge is -2.11. The van der Waals surface area contributed by atoms with E-state index in [2.05, 4.69) is 4.98 Å². The lowest BCUT2D eigenvalue weighted by molar-refractivity contribution is 0.0991. The molecule has 3 heteroatoms. The van der Waals surface area contributed by atoms with Crippen LogP contribution in [-0.4, -0.2) is 10.8 Å². The van der Waals surface area contributed by atoms with Gasteiger partial charge in [0.15, 0.2) is 5.78 Å². The number of carbonyl (C=O) groups is 1. The highest BCUT2D eigenvalue weighted by Gasteiger charge is 2.16. The zero-order valence-electron chi connectivity index (χ0n) is 7.26. The van der Waals surface area contributed by atoms with E-state index in [9.17, 15) is 9.59 Å². The zero-order chi connectivity index (χ0) is 9.42. The van der Waals surface area contributed by atoms with Gasteiger partial charge in [-0.25, -0.2) is 0 Å². The van der Waals surface area contributed by atoms with E-state index in [0.717, 1.165) is 5.57 Å². The molecule has 0 aliphatic heterocycles. The van der Waals surface area contributed by atoms with E-state index >= 15 is 0 Å². The third-order valence-electron chi connectivity index (χ3n) is 2.08. The summed E-state index contributed by atoms with van der Waals surface area (Å²) in [5.41, 5.74) is 2.07. The number of fused-ring (bicyclic) bond motifs is 1. The first-order valence-corrected chi connectivity index (χ1v) is 4.10. The Kier molecular flexibility index (Phi) is 1.65. The van der Waals surface area contributed by atoms with Crippen LogP contribution >= 0.6 is 0 Å². The number of carbonyl (C=O) groups excluding carboxylic acids is 1. The van der Waals surface area contributed by atoms with Crippen LogP contribution in [0.25, 0.3) is 6.08 Å². The van der Waals surface area contributed by atoms with Gasteiger partial charge in [0.1, 0.15) is 0 Å². The van der Waals surface area contributed by atoms with Crippen molar-refractivity contribution in [3.8, 4) is 0 Å². The molecule has 2 rings (SSSR count). The van der Waals surface area contributed by atoms with E-state index < -0.39 is 0 Å². The van der Waals surface area contributed by atoms with Crippen molar-refractivity contribution in [3.63, 3.8) is 0 Å². The van der Waals surface area contributed by atoms with Crippen LogP contribution in [0.3, 0.4) is 0 Å². The Bertz CT molecular complexity index is 454. The van der Waals surface area contributed by atoms with Crippen LogP contribution in [-0.2, 0) is 0 Å². The summed E-state index contributed by atoms with van der Waals surface area (Å²) in [5.74, 6) is 0.0752. The van der Waals surface area contributed by atoms with Crippen molar-refractivity contribution in [2.45, 2.75) is 13.3 Å². The number of H-pyrrole nitrogens is 1. The molecule has 0 aromatic carbocycles. The van der Waals surface area contributed by atoms with Crippen LogP contribution in [0.5, 0.6) is 0 Å². The quantitative estimate of drug-likeness (QED) is 0.647. The molecule has 1 aromatic rings. The normalized spacial score (nSPS) is 15.2. The number of rotatable bonds is 0. The van der Waals surface area contributed by atoms with Gasteiger partial charge < -0.3 is 4.98 Å². The van der Waals surface area contributed by atoms with Gasteiger partial charge in [-0.2, -0.15) is 0 Å². The number of hydrogen-bond donors (Lipinski definition) is 1. The fraction of sp³-hybridized carbons (Fsp3) is 0.200. The summed E-state index contributed by atoms with van der Waals surface area (Å²) in [5, 5.41) is 0. The minimum atomic E-state index is -0.169. The van der Waals surface area contributed by atoms with E-state index in [0.29, 0.717) is 17.7 Å². The Hall–Kier alpha value is -1.64. The molecule has 0 amide bonds. The summed E-state index contributed by atoms with van der Waals surface area (Å²) >= 11 is 0. The largest absolute Gasteiger partial charge is 0.322 e. The molecule has 0 saturated carbocycles. The van der Waals surface area contributed by atoms with Gasteiger partial charge in [0.05, 0.1) is 5.69 Å². The maximum absolute atomic E-state index is 11.4. The molecule has 0 atom stereocenters. The lowest BCUT2D eigenvalue weighted by Crippen LogP contribution is -2.14. The highest BCUT2D eigenvalue weighted by Crippen LogP contribution is 2.20. The Morgan fingerprint density at radius 1 is 1.31 bits per heavy atom. The van der Waals surface area contributed by atoms with Crippen molar-refractivity contribution in [1.29, 1.82) is 0 Å². The predicted molar refractivity (Wildman–Crippen MR) is 49.7 cm³/mol. The first-order valence-electron chi connectivity index (χ1n) is 4.10. The summed E-state index contributed by atoms with van der Waals surface area (Å²) in [7, 11) is 0. The number of pyridine rings is 1. The van der Waals surface area contributed by atoms with Gasteiger partial charge in [-0.3, -0.25) is 9.59 Å². The SMILES string of the molecule is CC1=Cc2[nH]c(=O)ccc2C(=O)C1. The number of aromatic nitrogens is 1. The fourth-order valence-corrected chi connectivity index (χ4v) is 1.49. The highest BCUT2D eigenvalue weighted by molar-refractivity contribution is 6.02. The minimum absolute atomic E-state index is 0.0752. The van der Waals surface area contributed by atoms with E-state index in [-0.39, 0.29) is 11.3 Å². The molecule has 0 radical (unpaired) electrons. The molecule has 3 nitrogen and oxygen atoms in total. The second-order valence-corrected chi connectivity index (χ2v) is 3.24. The smallest absolute Gasteiger partial charge is 0.248 e. The standard InChI is InChI=1S/C10H9NO2/c1-6-4-8-7(9(12)5-6)2-3-10(13)11-8/h2-4H,5H2,1H3,(H,11,13). The molecular formula is C10H9NO2. The molecule has 0 unspecified atom stereocenters. The molecule has 0 spiro atoms. The minimum Gasteiger partial charge on any atom is -0.322 e. The molecule has 1 aliphatic carbocycles. The maximum atomic E-state index is 11.4. The van der Waals surface area contributed by atoms with Crippen LogP contribution in [0.2, 0.25) is 0 Å². The molecule has 1 heterocycles. The summed E-state index contributed by atoms with van der Waals surface area (Å²) in [6.07, 6.45) is 2.30. The number of aromatic amines is 1. The lowest BCUT2D eigenvalue weighted by atomic mass is 9.96. The number of Topliss-reactive ketones (excluding diaryl/α,β-unsaturated/α-hetero) is 1. The maximum Gasteiger partial charge on any atom is 0.248 e. The molecule has 0 fully saturated rings. The van der Waals surface area contributed by atoms with Gasteiger partial charge in [-0.05, 0) is 19.1 Å². The fourth-order valence-electron chi connectivity index (χ4n) is 1.49.